The lowest BCUT2D eigenvalue weighted by atomic mass is 10.1. The lowest BCUT2D eigenvalue weighted by molar-refractivity contribution is -0.167. The Morgan fingerprint density at radius 2 is 1.90 bits per heavy atom. The molecule has 7 nitrogen and oxygen atoms in total. The highest BCUT2D eigenvalue weighted by atomic mass is 19.4. The molecule has 0 aliphatic rings. The molecule has 29 heavy (non-hydrogen) atoms. The van der Waals surface area contributed by atoms with Crippen LogP contribution in [-0.4, -0.2) is 33.6 Å². The van der Waals surface area contributed by atoms with Gasteiger partial charge in [-0.05, 0) is 18.2 Å². The first-order valence-corrected chi connectivity index (χ1v) is 7.69. The number of methoxy groups -OCH3 is 1. The lowest BCUT2D eigenvalue weighted by Crippen LogP contribution is -2.30. The standard InChI is InChI=1S/C16H11F6N5O2/c1-29-13-8(7-4-9(15(17,18)19)12(23)24-5-7)2-3-11-25-10(6-27(11)13)26-14(28)16(20,21)22/h2-6H,1H3,(H2,23,24)(H,26,28). The number of hydrogen-bond acceptors (Lipinski definition) is 5. The van der Waals surface area contributed by atoms with E-state index in [1.54, 1.807) is 5.32 Å². The zero-order chi connectivity index (χ0) is 21.6. The number of rotatable bonds is 3. The van der Waals surface area contributed by atoms with Crippen LogP contribution in [0.1, 0.15) is 5.56 Å². The summed E-state index contributed by atoms with van der Waals surface area (Å²) >= 11 is 0. The molecule has 3 N–H and O–H groups in total. The van der Waals surface area contributed by atoms with E-state index in [2.05, 4.69) is 9.97 Å². The SMILES string of the molecule is COc1c(-c2cnc(N)c(C(F)(F)F)c2)ccc2nc(NC(=O)C(F)(F)F)cn12. The van der Waals surface area contributed by atoms with Crippen molar-refractivity contribution in [3.8, 4) is 17.0 Å². The molecule has 0 spiro atoms. The third-order valence-electron chi connectivity index (χ3n) is 3.81. The Balaban J connectivity index is 2.10. The highest BCUT2D eigenvalue weighted by molar-refractivity contribution is 5.94. The molecule has 0 saturated carbocycles. The Morgan fingerprint density at radius 3 is 2.48 bits per heavy atom. The Hall–Kier alpha value is -3.51. The summed E-state index contributed by atoms with van der Waals surface area (Å²) in [5.74, 6) is -3.39. The van der Waals surface area contributed by atoms with Crippen LogP contribution in [-0.2, 0) is 11.0 Å². The molecule has 3 aromatic heterocycles. The Morgan fingerprint density at radius 1 is 1.21 bits per heavy atom. The number of ether oxygens (including phenoxy) is 1. The number of amides is 1. The molecule has 0 atom stereocenters. The molecule has 3 rings (SSSR count). The number of nitrogens with one attached hydrogen (secondary N) is 1. The molecule has 3 heterocycles. The molecule has 0 aromatic carbocycles. The summed E-state index contributed by atoms with van der Waals surface area (Å²) in [7, 11) is 1.21. The van der Waals surface area contributed by atoms with Crippen LogP contribution in [0.5, 0.6) is 5.88 Å². The average molecular weight is 419 g/mol. The third kappa shape index (κ3) is 3.88. The molecular weight excluding hydrogens is 408 g/mol. The van der Waals surface area contributed by atoms with E-state index in [1.165, 1.54) is 23.6 Å². The fraction of sp³-hybridized carbons (Fsp3) is 0.188. The number of anilines is 2. The van der Waals surface area contributed by atoms with E-state index in [9.17, 15) is 31.1 Å². The second-order valence-electron chi connectivity index (χ2n) is 5.72. The highest BCUT2D eigenvalue weighted by Gasteiger charge is 2.39. The van der Waals surface area contributed by atoms with Gasteiger partial charge < -0.3 is 15.8 Å². The Bertz CT molecular complexity index is 1090. The van der Waals surface area contributed by atoms with E-state index in [-0.39, 0.29) is 22.7 Å². The molecule has 0 fully saturated rings. The lowest BCUT2D eigenvalue weighted by Gasteiger charge is -2.14. The molecule has 13 heteroatoms. The van der Waals surface area contributed by atoms with Gasteiger partial charge in [-0.1, -0.05) is 0 Å². The van der Waals surface area contributed by atoms with Gasteiger partial charge in [0.2, 0.25) is 5.88 Å². The second kappa shape index (κ2) is 6.83. The maximum Gasteiger partial charge on any atom is 0.471 e. The van der Waals surface area contributed by atoms with Crippen molar-refractivity contribution in [2.75, 3.05) is 18.2 Å². The topological polar surface area (TPSA) is 94.5 Å². The maximum absolute atomic E-state index is 13.1. The molecule has 3 aromatic rings. The molecule has 0 unspecified atom stereocenters. The predicted molar refractivity (Wildman–Crippen MR) is 89.1 cm³/mol. The van der Waals surface area contributed by atoms with E-state index < -0.39 is 35.5 Å². The van der Waals surface area contributed by atoms with E-state index in [1.807, 2.05) is 0 Å². The van der Waals surface area contributed by atoms with Gasteiger partial charge in [0.1, 0.15) is 11.5 Å². The van der Waals surface area contributed by atoms with Gasteiger partial charge in [-0.2, -0.15) is 26.3 Å². The average Bonchev–Trinajstić information content (AvgIpc) is 3.02. The number of nitrogens with two attached hydrogens (primary N) is 1. The Labute approximate surface area is 158 Å². The predicted octanol–water partition coefficient (Wildman–Crippen LogP) is 3.51. The van der Waals surface area contributed by atoms with Gasteiger partial charge in [0.15, 0.2) is 5.82 Å². The largest absolute Gasteiger partial charge is 0.481 e. The number of aromatic nitrogens is 3. The summed E-state index contributed by atoms with van der Waals surface area (Å²) in [6.45, 7) is 0. The van der Waals surface area contributed by atoms with Crippen molar-refractivity contribution >= 4 is 23.2 Å². The van der Waals surface area contributed by atoms with E-state index in [4.69, 9.17) is 10.5 Å². The van der Waals surface area contributed by atoms with Crippen LogP contribution in [0.25, 0.3) is 16.8 Å². The van der Waals surface area contributed by atoms with Crippen LogP contribution in [0.4, 0.5) is 38.0 Å². The number of carbonyl (C=O) groups is 1. The van der Waals surface area contributed by atoms with Crippen LogP contribution in [0.2, 0.25) is 0 Å². The number of nitrogen functional groups attached to an aromatic ring is 1. The molecule has 0 bridgehead atoms. The summed E-state index contributed by atoms with van der Waals surface area (Å²) in [4.78, 5) is 18.4. The van der Waals surface area contributed by atoms with E-state index in [0.717, 1.165) is 18.5 Å². The normalized spacial score (nSPS) is 12.2. The summed E-state index contributed by atoms with van der Waals surface area (Å²) in [5, 5.41) is 1.59. The third-order valence-corrected chi connectivity index (χ3v) is 3.81. The van der Waals surface area contributed by atoms with Gasteiger partial charge >= 0.3 is 18.3 Å². The summed E-state index contributed by atoms with van der Waals surface area (Å²) < 4.78 is 82.9. The number of hydrogen-bond donors (Lipinski definition) is 2. The molecule has 0 aliphatic heterocycles. The van der Waals surface area contributed by atoms with Crippen LogP contribution in [0, 0.1) is 0 Å². The van der Waals surface area contributed by atoms with Crippen LogP contribution >= 0.6 is 0 Å². The van der Waals surface area contributed by atoms with Crippen molar-refractivity contribution in [3.63, 3.8) is 0 Å². The zero-order valence-electron chi connectivity index (χ0n) is 14.4. The minimum atomic E-state index is -5.12. The molecule has 154 valence electrons. The first-order chi connectivity index (χ1) is 13.4. The number of imidazole rings is 1. The van der Waals surface area contributed by atoms with Gasteiger partial charge in [-0.3, -0.25) is 9.20 Å². The summed E-state index contributed by atoms with van der Waals surface area (Å²) in [6, 6.07) is 3.45. The minimum absolute atomic E-state index is 0.000137. The first-order valence-electron chi connectivity index (χ1n) is 7.69. The van der Waals surface area contributed by atoms with Gasteiger partial charge in [-0.15, -0.1) is 0 Å². The molecule has 0 radical (unpaired) electrons. The quantitative estimate of drug-likeness (QED) is 0.634. The second-order valence-corrected chi connectivity index (χ2v) is 5.72. The zero-order valence-corrected chi connectivity index (χ0v) is 14.4. The van der Waals surface area contributed by atoms with Crippen molar-refractivity contribution < 1.29 is 35.9 Å². The van der Waals surface area contributed by atoms with Crippen molar-refractivity contribution in [1.82, 2.24) is 14.4 Å². The van der Waals surface area contributed by atoms with Gasteiger partial charge in [-0.25, -0.2) is 9.97 Å². The highest BCUT2D eigenvalue weighted by Crippen LogP contribution is 2.38. The van der Waals surface area contributed by atoms with Crippen LogP contribution in [0.15, 0.2) is 30.6 Å². The molecule has 0 aliphatic carbocycles. The van der Waals surface area contributed by atoms with E-state index in [0.29, 0.717) is 0 Å². The first kappa shape index (κ1) is 20.2. The van der Waals surface area contributed by atoms with Crippen molar-refractivity contribution in [3.05, 3.63) is 36.2 Å². The summed E-state index contributed by atoms with van der Waals surface area (Å²) in [6.07, 6.45) is -7.72. The molecular formula is C16H11F6N5O2. The van der Waals surface area contributed by atoms with Gasteiger partial charge in [0.25, 0.3) is 0 Å². The van der Waals surface area contributed by atoms with Crippen LogP contribution in [0.3, 0.4) is 0 Å². The number of alkyl halides is 6. The number of nitrogens with zero attached hydrogens (tertiary/aromatic N) is 3. The maximum atomic E-state index is 13.1. The summed E-state index contributed by atoms with van der Waals surface area (Å²) in [5.41, 5.74) is 4.37. The fourth-order valence-corrected chi connectivity index (χ4v) is 2.56. The monoisotopic (exact) mass is 419 g/mol. The smallest absolute Gasteiger partial charge is 0.471 e. The van der Waals surface area contributed by atoms with Crippen LogP contribution < -0.4 is 15.8 Å². The molecule has 0 saturated heterocycles. The Kier molecular flexibility index (Phi) is 4.76. The van der Waals surface area contributed by atoms with Crippen molar-refractivity contribution in [1.29, 1.82) is 0 Å². The number of halogens is 6. The van der Waals surface area contributed by atoms with Gasteiger partial charge in [0.05, 0.1) is 18.9 Å². The number of pyridine rings is 2. The molecule has 1 amide bonds. The van der Waals surface area contributed by atoms with Crippen molar-refractivity contribution in [2.24, 2.45) is 0 Å². The van der Waals surface area contributed by atoms with E-state index >= 15 is 0 Å². The number of fused-ring (bicyclic) bond motifs is 1. The fourth-order valence-electron chi connectivity index (χ4n) is 2.56. The van der Waals surface area contributed by atoms with Gasteiger partial charge in [0, 0.05) is 17.3 Å². The minimum Gasteiger partial charge on any atom is -0.481 e. The van der Waals surface area contributed by atoms with Crippen molar-refractivity contribution in [2.45, 2.75) is 12.4 Å². The number of carbonyl (C=O) groups excluding carboxylic acids is 1.